The van der Waals surface area contributed by atoms with Crippen molar-refractivity contribution in [3.8, 4) is 0 Å². The summed E-state index contributed by atoms with van der Waals surface area (Å²) in [5.41, 5.74) is 8.46. The van der Waals surface area contributed by atoms with Crippen LogP contribution in [0.25, 0.3) is 11.2 Å². The van der Waals surface area contributed by atoms with Crippen LogP contribution in [0.15, 0.2) is 12.3 Å². The lowest BCUT2D eigenvalue weighted by Gasteiger charge is -1.94. The molecule has 0 bridgehead atoms. The molecule has 0 spiro atoms. The van der Waals surface area contributed by atoms with E-state index in [9.17, 15) is 0 Å². The second kappa shape index (κ2) is 2.20. The van der Waals surface area contributed by atoms with Crippen LogP contribution in [0.4, 0.5) is 5.95 Å². The number of rotatable bonds is 0. The number of hydrogen-bond acceptors (Lipinski definition) is 3. The molecule has 0 atom stereocenters. The second-order valence-electron chi connectivity index (χ2n) is 2.83. The molecule has 2 aromatic rings. The Bertz CT molecular complexity index is 430. The molecule has 0 saturated heterocycles. The van der Waals surface area contributed by atoms with Crippen LogP contribution >= 0.6 is 0 Å². The van der Waals surface area contributed by atoms with Crippen LogP contribution in [-0.2, 0) is 7.05 Å². The number of fused-ring (bicyclic) bond motifs is 1. The van der Waals surface area contributed by atoms with Gasteiger partial charge in [0, 0.05) is 13.2 Å². The van der Waals surface area contributed by atoms with Gasteiger partial charge in [0.1, 0.15) is 5.52 Å². The van der Waals surface area contributed by atoms with E-state index >= 15 is 0 Å². The third kappa shape index (κ3) is 0.777. The van der Waals surface area contributed by atoms with Gasteiger partial charge in [0.05, 0.1) is 0 Å². The van der Waals surface area contributed by atoms with Crippen LogP contribution < -0.4 is 5.73 Å². The molecule has 0 aliphatic carbocycles. The van der Waals surface area contributed by atoms with E-state index in [1.165, 1.54) is 0 Å². The molecule has 62 valence electrons. The summed E-state index contributed by atoms with van der Waals surface area (Å²) < 4.78 is 1.78. The highest BCUT2D eigenvalue weighted by Crippen LogP contribution is 2.16. The Kier molecular flexibility index (Phi) is 1.30. The number of nitrogens with two attached hydrogens (primary N) is 1. The molecule has 0 aliphatic heterocycles. The zero-order valence-corrected chi connectivity index (χ0v) is 7.07. The van der Waals surface area contributed by atoms with E-state index in [-0.39, 0.29) is 0 Å². The zero-order chi connectivity index (χ0) is 8.72. The average molecular weight is 162 g/mol. The van der Waals surface area contributed by atoms with Crippen molar-refractivity contribution >= 4 is 17.1 Å². The van der Waals surface area contributed by atoms with Crippen LogP contribution in [0.2, 0.25) is 0 Å². The summed E-state index contributed by atoms with van der Waals surface area (Å²) in [6.07, 6.45) is 1.76. The average Bonchev–Trinajstić information content (AvgIpc) is 2.32. The van der Waals surface area contributed by atoms with Gasteiger partial charge in [0.25, 0.3) is 0 Å². The van der Waals surface area contributed by atoms with Gasteiger partial charge in [-0.1, -0.05) is 0 Å². The van der Waals surface area contributed by atoms with Crippen LogP contribution in [0.5, 0.6) is 0 Å². The van der Waals surface area contributed by atoms with E-state index in [2.05, 4.69) is 9.97 Å². The lowest BCUT2D eigenvalue weighted by molar-refractivity contribution is 0.947. The fraction of sp³-hybridized carbons (Fsp3) is 0.250. The van der Waals surface area contributed by atoms with Crippen molar-refractivity contribution in [3.05, 3.63) is 17.8 Å². The molecule has 4 heteroatoms. The summed E-state index contributed by atoms with van der Waals surface area (Å²) in [7, 11) is 1.86. The molecular weight excluding hydrogens is 152 g/mol. The first-order valence-electron chi connectivity index (χ1n) is 3.73. The summed E-state index contributed by atoms with van der Waals surface area (Å²) in [6, 6.07) is 1.93. The Morgan fingerprint density at radius 1 is 1.50 bits per heavy atom. The Labute approximate surface area is 70.0 Å². The maximum atomic E-state index is 5.63. The van der Waals surface area contributed by atoms with Gasteiger partial charge in [-0.2, -0.15) is 0 Å². The molecule has 0 amide bonds. The van der Waals surface area contributed by atoms with Gasteiger partial charge < -0.3 is 5.73 Å². The number of pyridine rings is 1. The van der Waals surface area contributed by atoms with E-state index in [1.807, 2.05) is 20.0 Å². The van der Waals surface area contributed by atoms with E-state index in [0.29, 0.717) is 5.95 Å². The maximum Gasteiger partial charge on any atom is 0.202 e. The van der Waals surface area contributed by atoms with Crippen molar-refractivity contribution in [2.45, 2.75) is 6.92 Å². The number of aromatic nitrogens is 3. The van der Waals surface area contributed by atoms with E-state index in [0.717, 1.165) is 16.7 Å². The van der Waals surface area contributed by atoms with Gasteiger partial charge in [0.2, 0.25) is 5.95 Å². The summed E-state index contributed by atoms with van der Waals surface area (Å²) in [6.45, 7) is 2.00. The van der Waals surface area contributed by atoms with Crippen LogP contribution in [0.1, 0.15) is 5.56 Å². The van der Waals surface area contributed by atoms with E-state index < -0.39 is 0 Å². The van der Waals surface area contributed by atoms with Crippen LogP contribution in [0.3, 0.4) is 0 Å². The van der Waals surface area contributed by atoms with Crippen LogP contribution in [0, 0.1) is 6.92 Å². The highest BCUT2D eigenvalue weighted by molar-refractivity contribution is 5.77. The lowest BCUT2D eigenvalue weighted by Crippen LogP contribution is -1.96. The second-order valence-corrected chi connectivity index (χ2v) is 2.83. The van der Waals surface area contributed by atoms with Crippen molar-refractivity contribution in [2.75, 3.05) is 5.73 Å². The molecule has 4 nitrogen and oxygen atoms in total. The minimum atomic E-state index is 0.506. The standard InChI is InChI=1S/C8H10N4/c1-5-3-4-10-7-6(5)11-8(9)12(7)2/h3-4H,1-2H3,(H2,9,11). The van der Waals surface area contributed by atoms with E-state index in [1.54, 1.807) is 10.8 Å². The van der Waals surface area contributed by atoms with E-state index in [4.69, 9.17) is 5.73 Å². The number of anilines is 1. The number of hydrogen-bond donors (Lipinski definition) is 1. The first kappa shape index (κ1) is 7.09. The normalized spacial score (nSPS) is 10.8. The molecule has 12 heavy (non-hydrogen) atoms. The first-order valence-corrected chi connectivity index (χ1v) is 3.73. The predicted molar refractivity (Wildman–Crippen MR) is 47.7 cm³/mol. The lowest BCUT2D eigenvalue weighted by atomic mass is 10.3. The summed E-state index contributed by atoms with van der Waals surface area (Å²) >= 11 is 0. The van der Waals surface area contributed by atoms with Gasteiger partial charge in [-0.25, -0.2) is 9.97 Å². The summed E-state index contributed by atoms with van der Waals surface area (Å²) in [4.78, 5) is 8.37. The van der Waals surface area contributed by atoms with Crippen molar-refractivity contribution in [2.24, 2.45) is 7.05 Å². The zero-order valence-electron chi connectivity index (χ0n) is 7.07. The van der Waals surface area contributed by atoms with Gasteiger partial charge in [-0.05, 0) is 18.6 Å². The highest BCUT2D eigenvalue weighted by Gasteiger charge is 2.06. The van der Waals surface area contributed by atoms with Gasteiger partial charge in [-0.15, -0.1) is 0 Å². The van der Waals surface area contributed by atoms with Crippen molar-refractivity contribution in [1.29, 1.82) is 0 Å². The minimum absolute atomic E-state index is 0.506. The fourth-order valence-electron chi connectivity index (χ4n) is 1.22. The predicted octanol–water partition coefficient (Wildman–Crippen LogP) is 0.859. The van der Waals surface area contributed by atoms with Crippen molar-refractivity contribution in [3.63, 3.8) is 0 Å². The topological polar surface area (TPSA) is 56.7 Å². The molecule has 2 rings (SSSR count). The molecule has 2 heterocycles. The minimum Gasteiger partial charge on any atom is -0.369 e. The highest BCUT2D eigenvalue weighted by atomic mass is 15.2. The summed E-state index contributed by atoms with van der Waals surface area (Å²) in [5, 5.41) is 0. The molecule has 2 aromatic heterocycles. The Morgan fingerprint density at radius 2 is 2.25 bits per heavy atom. The Morgan fingerprint density at radius 3 is 2.92 bits per heavy atom. The number of nitrogens with zero attached hydrogens (tertiary/aromatic N) is 3. The van der Waals surface area contributed by atoms with Crippen molar-refractivity contribution < 1.29 is 0 Å². The molecule has 0 aromatic carbocycles. The number of nitrogen functional groups attached to an aromatic ring is 1. The first-order chi connectivity index (χ1) is 5.70. The molecule has 2 N–H and O–H groups in total. The maximum absolute atomic E-state index is 5.63. The third-order valence-electron chi connectivity index (χ3n) is 1.99. The number of imidazole rings is 1. The molecule has 0 saturated carbocycles. The quantitative estimate of drug-likeness (QED) is 0.625. The largest absolute Gasteiger partial charge is 0.369 e. The van der Waals surface area contributed by atoms with Crippen LogP contribution in [-0.4, -0.2) is 14.5 Å². The van der Waals surface area contributed by atoms with Gasteiger partial charge in [0.15, 0.2) is 5.65 Å². The van der Waals surface area contributed by atoms with Crippen molar-refractivity contribution in [1.82, 2.24) is 14.5 Å². The molecule has 0 radical (unpaired) electrons. The number of aryl methyl sites for hydroxylation is 2. The Hall–Kier alpha value is -1.58. The molecular formula is C8H10N4. The SMILES string of the molecule is Cc1ccnc2c1nc(N)n2C. The Balaban J connectivity index is 2.95. The molecule has 0 fully saturated rings. The third-order valence-corrected chi connectivity index (χ3v) is 1.99. The fourth-order valence-corrected chi connectivity index (χ4v) is 1.22. The van der Waals surface area contributed by atoms with Gasteiger partial charge >= 0.3 is 0 Å². The molecule has 0 unspecified atom stereocenters. The monoisotopic (exact) mass is 162 g/mol. The smallest absolute Gasteiger partial charge is 0.202 e. The summed E-state index contributed by atoms with van der Waals surface area (Å²) in [5.74, 6) is 0.506. The van der Waals surface area contributed by atoms with Gasteiger partial charge in [-0.3, -0.25) is 4.57 Å². The molecule has 0 aliphatic rings.